The van der Waals surface area contributed by atoms with Crippen molar-refractivity contribution in [2.75, 3.05) is 20.2 Å². The summed E-state index contributed by atoms with van der Waals surface area (Å²) in [5.41, 5.74) is 1.47. The highest BCUT2D eigenvalue weighted by molar-refractivity contribution is 7.98. The summed E-state index contributed by atoms with van der Waals surface area (Å²) in [5, 5.41) is 20.6. The number of methoxy groups -OCH3 is 1. The van der Waals surface area contributed by atoms with Crippen LogP contribution in [0.1, 0.15) is 30.7 Å². The van der Waals surface area contributed by atoms with Gasteiger partial charge in [0.15, 0.2) is 11.0 Å². The van der Waals surface area contributed by atoms with Gasteiger partial charge in [0, 0.05) is 29.1 Å². The maximum Gasteiger partial charge on any atom is 0.270 e. The van der Waals surface area contributed by atoms with Gasteiger partial charge in [0.25, 0.3) is 5.69 Å². The highest BCUT2D eigenvalue weighted by atomic mass is 32.2. The van der Waals surface area contributed by atoms with Crippen LogP contribution in [0.15, 0.2) is 47.6 Å². The van der Waals surface area contributed by atoms with E-state index in [0.717, 1.165) is 24.6 Å². The number of non-ortho nitro benzene ring substituents is 1. The number of hydrogen-bond acceptors (Lipinski definition) is 7. The first kappa shape index (κ1) is 22.2. The van der Waals surface area contributed by atoms with E-state index < -0.39 is 4.92 Å². The Kier molecular flexibility index (Phi) is 7.01. The van der Waals surface area contributed by atoms with Crippen LogP contribution in [0.4, 0.5) is 10.1 Å². The molecule has 1 aliphatic heterocycles. The van der Waals surface area contributed by atoms with Crippen molar-refractivity contribution >= 4 is 17.4 Å². The number of benzene rings is 2. The van der Waals surface area contributed by atoms with Crippen LogP contribution in [0.5, 0.6) is 5.75 Å². The average Bonchev–Trinajstić information content (AvgIpc) is 3.20. The summed E-state index contributed by atoms with van der Waals surface area (Å²) in [7, 11) is 1.53. The molecule has 4 rings (SSSR count). The van der Waals surface area contributed by atoms with Crippen molar-refractivity contribution in [1.82, 2.24) is 19.7 Å². The molecule has 168 valence electrons. The van der Waals surface area contributed by atoms with Crippen LogP contribution in [-0.4, -0.2) is 44.8 Å². The number of nitro groups is 1. The lowest BCUT2D eigenvalue weighted by Gasteiger charge is -2.26. The Balaban J connectivity index is 1.63. The highest BCUT2D eigenvalue weighted by Crippen LogP contribution is 2.32. The summed E-state index contributed by atoms with van der Waals surface area (Å²) in [6.45, 7) is 2.69. The SMILES string of the molecule is COc1ccc([N+](=O)[O-])cc1CSc1nnc(CN2CCCCC2)n1-c1ccc(F)cc1. The molecule has 32 heavy (non-hydrogen) atoms. The first-order chi connectivity index (χ1) is 15.5. The normalized spacial score (nSPS) is 14.4. The molecule has 1 fully saturated rings. The lowest BCUT2D eigenvalue weighted by molar-refractivity contribution is -0.384. The summed E-state index contributed by atoms with van der Waals surface area (Å²) in [5.74, 6) is 1.46. The van der Waals surface area contributed by atoms with Gasteiger partial charge in [0.1, 0.15) is 11.6 Å². The van der Waals surface area contributed by atoms with Crippen molar-refractivity contribution < 1.29 is 14.1 Å². The number of nitro benzene ring substituents is 1. The molecule has 1 saturated heterocycles. The first-order valence-corrected chi connectivity index (χ1v) is 11.4. The number of hydrogen-bond donors (Lipinski definition) is 0. The lowest BCUT2D eigenvalue weighted by atomic mass is 10.1. The quantitative estimate of drug-likeness (QED) is 0.278. The minimum absolute atomic E-state index is 0.00666. The minimum atomic E-state index is -0.425. The zero-order valence-electron chi connectivity index (χ0n) is 17.7. The Morgan fingerprint density at radius 1 is 1.12 bits per heavy atom. The maximum absolute atomic E-state index is 13.5. The Morgan fingerprint density at radius 3 is 2.56 bits per heavy atom. The third-order valence-electron chi connectivity index (χ3n) is 5.43. The third kappa shape index (κ3) is 5.08. The molecule has 0 radical (unpaired) electrons. The molecule has 0 aliphatic carbocycles. The fourth-order valence-electron chi connectivity index (χ4n) is 3.80. The van der Waals surface area contributed by atoms with E-state index in [1.165, 1.54) is 62.4 Å². The van der Waals surface area contributed by atoms with Gasteiger partial charge in [-0.2, -0.15) is 0 Å². The molecule has 0 saturated carbocycles. The smallest absolute Gasteiger partial charge is 0.270 e. The number of aromatic nitrogens is 3. The number of likely N-dealkylation sites (tertiary alicyclic amines) is 1. The van der Waals surface area contributed by atoms with Crippen LogP contribution in [-0.2, 0) is 12.3 Å². The Morgan fingerprint density at radius 2 is 1.88 bits per heavy atom. The van der Waals surface area contributed by atoms with Gasteiger partial charge in [-0.25, -0.2) is 4.39 Å². The van der Waals surface area contributed by atoms with Gasteiger partial charge in [-0.05, 0) is 56.3 Å². The molecule has 0 amide bonds. The van der Waals surface area contributed by atoms with Crippen molar-refractivity contribution in [3.63, 3.8) is 0 Å². The summed E-state index contributed by atoms with van der Waals surface area (Å²) in [6, 6.07) is 10.8. The number of piperidine rings is 1. The Labute approximate surface area is 189 Å². The van der Waals surface area contributed by atoms with Gasteiger partial charge in [0.2, 0.25) is 0 Å². The van der Waals surface area contributed by atoms with Crippen LogP contribution >= 0.6 is 11.8 Å². The molecular formula is C22H24FN5O3S. The molecule has 8 nitrogen and oxygen atoms in total. The Bertz CT molecular complexity index is 1080. The second-order valence-corrected chi connectivity index (χ2v) is 8.53. The summed E-state index contributed by atoms with van der Waals surface area (Å²) in [6.07, 6.45) is 3.57. The van der Waals surface area contributed by atoms with Crippen LogP contribution < -0.4 is 4.74 Å². The summed E-state index contributed by atoms with van der Waals surface area (Å²) < 4.78 is 20.8. The lowest BCUT2D eigenvalue weighted by Crippen LogP contribution is -2.30. The fourth-order valence-corrected chi connectivity index (χ4v) is 4.75. The zero-order valence-corrected chi connectivity index (χ0v) is 18.6. The topological polar surface area (TPSA) is 86.3 Å². The number of nitrogens with zero attached hydrogens (tertiary/aromatic N) is 5. The number of thioether (sulfide) groups is 1. The van der Waals surface area contributed by atoms with Crippen molar-refractivity contribution in [1.29, 1.82) is 0 Å². The molecule has 2 heterocycles. The monoisotopic (exact) mass is 457 g/mol. The largest absolute Gasteiger partial charge is 0.496 e. The average molecular weight is 458 g/mol. The predicted molar refractivity (Wildman–Crippen MR) is 120 cm³/mol. The summed E-state index contributed by atoms with van der Waals surface area (Å²) >= 11 is 1.41. The molecule has 0 atom stereocenters. The van der Waals surface area contributed by atoms with E-state index in [1.54, 1.807) is 18.2 Å². The first-order valence-electron chi connectivity index (χ1n) is 10.4. The molecule has 1 aliphatic rings. The molecule has 0 bridgehead atoms. The fraction of sp³-hybridized carbons (Fsp3) is 0.364. The van der Waals surface area contributed by atoms with Crippen LogP contribution in [0.2, 0.25) is 0 Å². The van der Waals surface area contributed by atoms with E-state index in [0.29, 0.717) is 28.8 Å². The second kappa shape index (κ2) is 10.1. The van der Waals surface area contributed by atoms with Crippen molar-refractivity contribution in [2.45, 2.75) is 36.7 Å². The van der Waals surface area contributed by atoms with Crippen molar-refractivity contribution in [3.05, 3.63) is 69.8 Å². The molecule has 3 aromatic rings. The van der Waals surface area contributed by atoms with Crippen molar-refractivity contribution in [3.8, 4) is 11.4 Å². The van der Waals surface area contributed by atoms with Gasteiger partial charge >= 0.3 is 0 Å². The number of halogens is 1. The maximum atomic E-state index is 13.5. The van der Waals surface area contributed by atoms with E-state index in [2.05, 4.69) is 15.1 Å². The van der Waals surface area contributed by atoms with E-state index in [-0.39, 0.29) is 11.5 Å². The minimum Gasteiger partial charge on any atom is -0.496 e. The molecule has 0 N–H and O–H groups in total. The summed E-state index contributed by atoms with van der Waals surface area (Å²) in [4.78, 5) is 13.1. The highest BCUT2D eigenvalue weighted by Gasteiger charge is 2.20. The van der Waals surface area contributed by atoms with Crippen LogP contribution in [0, 0.1) is 15.9 Å². The molecular weight excluding hydrogens is 433 g/mol. The van der Waals surface area contributed by atoms with Gasteiger partial charge in [-0.1, -0.05) is 18.2 Å². The molecule has 0 spiro atoms. The van der Waals surface area contributed by atoms with Gasteiger partial charge in [-0.15, -0.1) is 10.2 Å². The molecule has 0 unspecified atom stereocenters. The number of rotatable bonds is 8. The molecule has 1 aromatic heterocycles. The van der Waals surface area contributed by atoms with Gasteiger partial charge < -0.3 is 4.74 Å². The zero-order chi connectivity index (χ0) is 22.5. The van der Waals surface area contributed by atoms with Gasteiger partial charge in [0.05, 0.1) is 18.6 Å². The molecule has 10 heteroatoms. The van der Waals surface area contributed by atoms with Crippen LogP contribution in [0.3, 0.4) is 0 Å². The second-order valence-electron chi connectivity index (χ2n) is 7.59. The third-order valence-corrected chi connectivity index (χ3v) is 6.41. The van der Waals surface area contributed by atoms with E-state index in [4.69, 9.17) is 4.74 Å². The van der Waals surface area contributed by atoms with E-state index in [1.807, 2.05) is 4.57 Å². The predicted octanol–water partition coefficient (Wildman–Crippen LogP) is 4.60. The van der Waals surface area contributed by atoms with E-state index >= 15 is 0 Å². The van der Waals surface area contributed by atoms with Gasteiger partial charge in [-0.3, -0.25) is 19.6 Å². The van der Waals surface area contributed by atoms with Crippen LogP contribution in [0.25, 0.3) is 5.69 Å². The van der Waals surface area contributed by atoms with Crippen molar-refractivity contribution in [2.24, 2.45) is 0 Å². The molecule has 2 aromatic carbocycles. The standard InChI is InChI=1S/C22H24FN5O3S/c1-31-20-10-9-19(28(29)30)13-16(20)15-32-22-25-24-21(14-26-11-3-2-4-12-26)27(22)18-7-5-17(23)6-8-18/h5-10,13H,2-4,11-12,14-15H2,1H3. The Hall–Kier alpha value is -2.98. The van der Waals surface area contributed by atoms with E-state index in [9.17, 15) is 14.5 Å². The number of ether oxygens (including phenoxy) is 1.